The van der Waals surface area contributed by atoms with Crippen molar-refractivity contribution < 1.29 is 89.4 Å². The quantitative estimate of drug-likeness (QED) is 0.0199. The normalized spacial score (nSPS) is 25.6. The fourth-order valence-electron chi connectivity index (χ4n) is 14.1. The van der Waals surface area contributed by atoms with Crippen molar-refractivity contribution in [2.24, 2.45) is 0 Å². The highest BCUT2D eigenvalue weighted by Crippen LogP contribution is 2.33. The Labute approximate surface area is 677 Å². The van der Waals surface area contributed by atoms with E-state index in [1.54, 1.807) is 6.08 Å². The first-order valence-corrected chi connectivity index (χ1v) is 44.4. The SMILES string of the molecule is CC/C=C\C/C=C\C/C=C\C/C=C\C/C=C\C/C=C\C/C=C\C/C=C\CCCCCCCCCCCCCCC(=O)NC(COC1OC(CO)C(OC2OC(CO)C(OC3OC(CO)C(O)C(O)C3O)C(O)C2O)C(O)C1O)C(O)/C=C/CC/C=C/CC/C=C/CCCCCCCCCCCCCCCCCCCCCC. The topological polar surface area (TPSA) is 307 Å². The molecule has 0 bridgehead atoms. The zero-order valence-corrected chi connectivity index (χ0v) is 69.4. The molecule has 19 heteroatoms. The molecule has 0 aliphatic carbocycles. The fourth-order valence-corrected chi connectivity index (χ4v) is 14.1. The molecule has 0 saturated carbocycles. The van der Waals surface area contributed by atoms with Gasteiger partial charge in [-0.05, 0) is 109 Å². The number of amides is 1. The maximum absolute atomic E-state index is 13.5. The third kappa shape index (κ3) is 49.2. The number of rotatable bonds is 70. The molecule has 3 fully saturated rings. The molecule has 0 radical (unpaired) electrons. The number of nitrogens with one attached hydrogen (secondary N) is 1. The molecule has 644 valence electrons. The summed E-state index contributed by atoms with van der Waals surface area (Å²) in [6.45, 7) is 1.62. The van der Waals surface area contributed by atoms with E-state index in [2.05, 4.69) is 141 Å². The Kier molecular flexibility index (Phi) is 64.8. The van der Waals surface area contributed by atoms with Gasteiger partial charge in [0.05, 0.1) is 38.6 Å². The molecule has 3 aliphatic rings. The monoisotopic (exact) mass is 1580 g/mol. The van der Waals surface area contributed by atoms with E-state index in [0.29, 0.717) is 12.8 Å². The summed E-state index contributed by atoms with van der Waals surface area (Å²) in [5.41, 5.74) is 0. The highest BCUT2D eigenvalue weighted by molar-refractivity contribution is 5.76. The van der Waals surface area contributed by atoms with Gasteiger partial charge in [-0.3, -0.25) is 4.79 Å². The van der Waals surface area contributed by atoms with Crippen molar-refractivity contribution in [3.63, 3.8) is 0 Å². The van der Waals surface area contributed by atoms with Crippen LogP contribution in [0.4, 0.5) is 0 Å². The minimum atomic E-state index is -1.99. The van der Waals surface area contributed by atoms with E-state index in [1.165, 1.54) is 173 Å². The Hall–Kier alpha value is -4.07. The van der Waals surface area contributed by atoms with Crippen LogP contribution >= 0.6 is 0 Å². The maximum Gasteiger partial charge on any atom is 0.220 e. The van der Waals surface area contributed by atoms with E-state index in [1.807, 2.05) is 6.08 Å². The molecule has 19 nitrogen and oxygen atoms in total. The number of aliphatic hydroxyl groups is 11. The highest BCUT2D eigenvalue weighted by Gasteiger charge is 2.54. The molecule has 0 aromatic carbocycles. The Morgan fingerprint density at radius 1 is 0.330 bits per heavy atom. The number of aliphatic hydroxyl groups excluding tert-OH is 11. The number of hydrogen-bond acceptors (Lipinski definition) is 18. The van der Waals surface area contributed by atoms with Gasteiger partial charge in [0.15, 0.2) is 18.9 Å². The van der Waals surface area contributed by atoms with Gasteiger partial charge in [0.2, 0.25) is 5.91 Å². The number of hydrogen-bond donors (Lipinski definition) is 12. The minimum absolute atomic E-state index is 0.222. The lowest BCUT2D eigenvalue weighted by Gasteiger charge is -2.48. The van der Waals surface area contributed by atoms with Crippen LogP contribution < -0.4 is 5.32 Å². The Bertz CT molecular complexity index is 2540. The first kappa shape index (κ1) is 102. The second-order valence-corrected chi connectivity index (χ2v) is 31.0. The summed E-state index contributed by atoms with van der Waals surface area (Å²) >= 11 is 0. The van der Waals surface area contributed by atoms with Gasteiger partial charge in [-0.15, -0.1) is 0 Å². The van der Waals surface area contributed by atoms with Gasteiger partial charge in [0.25, 0.3) is 0 Å². The van der Waals surface area contributed by atoms with Crippen molar-refractivity contribution >= 4 is 5.91 Å². The molecule has 0 spiro atoms. The first-order valence-electron chi connectivity index (χ1n) is 44.4. The third-order valence-electron chi connectivity index (χ3n) is 21.2. The van der Waals surface area contributed by atoms with Crippen LogP contribution in [0.15, 0.2) is 134 Å². The zero-order chi connectivity index (χ0) is 81.0. The minimum Gasteiger partial charge on any atom is -0.394 e. The predicted octanol–water partition coefficient (Wildman–Crippen LogP) is 16.8. The van der Waals surface area contributed by atoms with Gasteiger partial charge in [-0.25, -0.2) is 0 Å². The molecule has 3 aliphatic heterocycles. The fraction of sp³-hybridized carbons (Fsp3) is 0.753. The van der Waals surface area contributed by atoms with Crippen molar-refractivity contribution in [3.05, 3.63) is 134 Å². The summed E-state index contributed by atoms with van der Waals surface area (Å²) in [5, 5.41) is 121. The van der Waals surface area contributed by atoms with E-state index in [-0.39, 0.29) is 18.9 Å². The maximum atomic E-state index is 13.5. The van der Waals surface area contributed by atoms with Crippen LogP contribution in [0.2, 0.25) is 0 Å². The second kappa shape index (κ2) is 71.1. The van der Waals surface area contributed by atoms with Gasteiger partial charge in [-0.2, -0.15) is 0 Å². The van der Waals surface area contributed by atoms with Crippen LogP contribution in [0.3, 0.4) is 0 Å². The molecule has 112 heavy (non-hydrogen) atoms. The number of allylic oxidation sites excluding steroid dienone is 21. The number of carbonyl (C=O) groups is 1. The Morgan fingerprint density at radius 2 is 0.625 bits per heavy atom. The van der Waals surface area contributed by atoms with Gasteiger partial charge in [0.1, 0.15) is 73.2 Å². The van der Waals surface area contributed by atoms with Gasteiger partial charge >= 0.3 is 0 Å². The summed E-state index contributed by atoms with van der Waals surface area (Å²) in [7, 11) is 0. The number of unbranched alkanes of at least 4 members (excludes halogenated alkanes) is 34. The Balaban J connectivity index is 1.36. The van der Waals surface area contributed by atoms with Gasteiger partial charge in [-0.1, -0.05) is 334 Å². The predicted molar refractivity (Wildman–Crippen MR) is 452 cm³/mol. The van der Waals surface area contributed by atoms with Crippen LogP contribution in [-0.2, 0) is 33.2 Å². The summed E-state index contributed by atoms with van der Waals surface area (Å²) in [4.78, 5) is 13.5. The molecule has 12 N–H and O–H groups in total. The van der Waals surface area contributed by atoms with E-state index >= 15 is 0 Å². The molecule has 0 aromatic rings. The molecular weight excluding hydrogens is 1420 g/mol. The first-order chi connectivity index (χ1) is 54.8. The van der Waals surface area contributed by atoms with Crippen molar-refractivity contribution in [1.29, 1.82) is 0 Å². The zero-order valence-electron chi connectivity index (χ0n) is 69.4. The summed E-state index contributed by atoms with van der Waals surface area (Å²) in [6.07, 6.45) is 75.9. The smallest absolute Gasteiger partial charge is 0.220 e. The number of ether oxygens (including phenoxy) is 6. The molecule has 3 heterocycles. The van der Waals surface area contributed by atoms with Crippen molar-refractivity contribution in [3.8, 4) is 0 Å². The average molecular weight is 1580 g/mol. The molecular formula is C93H159NO18. The number of carbonyl (C=O) groups excluding carboxylic acids is 1. The van der Waals surface area contributed by atoms with Crippen LogP contribution in [-0.4, -0.2) is 193 Å². The van der Waals surface area contributed by atoms with Crippen LogP contribution in [0.5, 0.6) is 0 Å². The lowest BCUT2D eigenvalue weighted by molar-refractivity contribution is -0.379. The van der Waals surface area contributed by atoms with Crippen molar-refractivity contribution in [2.75, 3.05) is 26.4 Å². The molecule has 17 atom stereocenters. The van der Waals surface area contributed by atoms with Gasteiger partial charge in [0, 0.05) is 6.42 Å². The molecule has 17 unspecified atom stereocenters. The second-order valence-electron chi connectivity index (χ2n) is 31.0. The molecule has 0 aromatic heterocycles. The largest absolute Gasteiger partial charge is 0.394 e. The lowest BCUT2D eigenvalue weighted by atomic mass is 9.96. The van der Waals surface area contributed by atoms with Crippen LogP contribution in [0.25, 0.3) is 0 Å². The summed E-state index contributed by atoms with van der Waals surface area (Å²) in [5.74, 6) is -0.294. The molecule has 1 amide bonds. The van der Waals surface area contributed by atoms with E-state index < -0.39 is 124 Å². The van der Waals surface area contributed by atoms with Crippen molar-refractivity contribution in [2.45, 2.75) is 420 Å². The summed E-state index contributed by atoms with van der Waals surface area (Å²) < 4.78 is 34.5. The van der Waals surface area contributed by atoms with Crippen LogP contribution in [0.1, 0.15) is 316 Å². The van der Waals surface area contributed by atoms with Gasteiger partial charge < -0.3 is 89.9 Å². The van der Waals surface area contributed by atoms with Crippen molar-refractivity contribution in [1.82, 2.24) is 5.32 Å². The molecule has 3 rings (SSSR count). The third-order valence-corrected chi connectivity index (χ3v) is 21.2. The Morgan fingerprint density at radius 3 is 1.00 bits per heavy atom. The average Bonchev–Trinajstić information content (AvgIpc) is 0.781. The lowest BCUT2D eigenvalue weighted by Crippen LogP contribution is -2.66. The van der Waals surface area contributed by atoms with E-state index in [4.69, 9.17) is 28.4 Å². The molecule has 3 saturated heterocycles. The van der Waals surface area contributed by atoms with Crippen LogP contribution in [0, 0.1) is 0 Å². The van der Waals surface area contributed by atoms with E-state index in [0.717, 1.165) is 109 Å². The highest BCUT2D eigenvalue weighted by atomic mass is 16.8. The summed E-state index contributed by atoms with van der Waals surface area (Å²) in [6, 6.07) is -1.01. The van der Waals surface area contributed by atoms with E-state index in [9.17, 15) is 61.0 Å². The standard InChI is InChI=1S/C93H159NO18/c1-3-5-7-9-11-13-15-17-19-21-23-25-27-29-31-33-35-36-37-38-39-40-41-43-45-47-49-51-53-55-57-59-61-63-65-67-69-71-81(99)94-76(77(98)70-68-66-64-62-60-58-56-54-52-50-48-46-44-42-34-32-30-28-26-24-22-20-18-16-14-12-10-8-6-4-2)75-107-91-87(105)84(102)89(79(73-96)109-91)112-93-88(106)85(103)90(80(74-97)110-93)111-92-86(104)83(101)82(100)78(72-95)108-92/h5,7,11,13,17,19,23,25,29,31,35-36,38-39,41,43,52,54,60,62,68,70,76-80,82-93,95-98,100-106H,3-4,6,8-10,12,14-16,18,20-22,24,26-28,30,32-34,37,40,42,44-51,53,55-59,61,63-67,69,71-75H2,1-2H3,(H,94,99)/b7-5-,13-11-,19-17-,25-23-,31-29-,36-35-,39-38-,43-41-,54-52+,62-60+,70-68+.